The summed E-state index contributed by atoms with van der Waals surface area (Å²) in [6.07, 6.45) is 0.846. The minimum absolute atomic E-state index is 0.0549. The standard InChI is InChI=1S/C9H14N2O3/c1-7(9(13)14)5-11-4-2-3-10-8(12)6-11/h1-6H2,(H,10,12)(H,13,14). The molecule has 1 rings (SSSR count). The lowest BCUT2D eigenvalue weighted by molar-refractivity contribution is -0.133. The van der Waals surface area contributed by atoms with Crippen molar-refractivity contribution in [2.45, 2.75) is 6.42 Å². The van der Waals surface area contributed by atoms with Crippen molar-refractivity contribution in [3.8, 4) is 0 Å². The van der Waals surface area contributed by atoms with Gasteiger partial charge in [-0.05, 0) is 6.42 Å². The van der Waals surface area contributed by atoms with Crippen LogP contribution in [-0.2, 0) is 9.59 Å². The average Bonchev–Trinajstić information content (AvgIpc) is 2.29. The van der Waals surface area contributed by atoms with Crippen LogP contribution in [0.15, 0.2) is 12.2 Å². The van der Waals surface area contributed by atoms with Crippen molar-refractivity contribution in [3.63, 3.8) is 0 Å². The van der Waals surface area contributed by atoms with Crippen molar-refractivity contribution in [2.24, 2.45) is 0 Å². The van der Waals surface area contributed by atoms with Crippen LogP contribution in [0.2, 0.25) is 0 Å². The highest BCUT2D eigenvalue weighted by atomic mass is 16.4. The molecule has 14 heavy (non-hydrogen) atoms. The molecule has 78 valence electrons. The molecule has 2 N–H and O–H groups in total. The number of nitrogens with one attached hydrogen (secondary N) is 1. The van der Waals surface area contributed by atoms with Gasteiger partial charge in [-0.2, -0.15) is 0 Å². The van der Waals surface area contributed by atoms with Crippen molar-refractivity contribution in [1.82, 2.24) is 10.2 Å². The molecule has 0 unspecified atom stereocenters. The van der Waals surface area contributed by atoms with Gasteiger partial charge >= 0.3 is 5.97 Å². The molecule has 0 saturated carbocycles. The minimum Gasteiger partial charge on any atom is -0.478 e. The number of amides is 1. The van der Waals surface area contributed by atoms with Crippen LogP contribution < -0.4 is 5.32 Å². The van der Waals surface area contributed by atoms with Crippen LogP contribution in [0.4, 0.5) is 0 Å². The van der Waals surface area contributed by atoms with Gasteiger partial charge in [-0.3, -0.25) is 9.69 Å². The summed E-state index contributed by atoms with van der Waals surface area (Å²) < 4.78 is 0. The van der Waals surface area contributed by atoms with Crippen LogP contribution in [0.25, 0.3) is 0 Å². The molecule has 5 nitrogen and oxygen atoms in total. The molecule has 1 fully saturated rings. The third kappa shape index (κ3) is 3.18. The maximum atomic E-state index is 11.1. The van der Waals surface area contributed by atoms with Gasteiger partial charge in [-0.25, -0.2) is 4.79 Å². The first-order valence-corrected chi connectivity index (χ1v) is 4.49. The first kappa shape index (κ1) is 10.7. The molecule has 0 aromatic heterocycles. The average molecular weight is 198 g/mol. The molecular weight excluding hydrogens is 184 g/mol. The number of carboxylic acids is 1. The van der Waals surface area contributed by atoms with Gasteiger partial charge in [0.1, 0.15) is 0 Å². The lowest BCUT2D eigenvalue weighted by Crippen LogP contribution is -2.35. The molecule has 0 bridgehead atoms. The fraction of sp³-hybridized carbons (Fsp3) is 0.556. The molecular formula is C9H14N2O3. The van der Waals surface area contributed by atoms with Crippen molar-refractivity contribution in [2.75, 3.05) is 26.2 Å². The van der Waals surface area contributed by atoms with E-state index in [0.29, 0.717) is 6.54 Å². The topological polar surface area (TPSA) is 69.6 Å². The number of carboxylic acid groups (broad SMARTS) is 1. The van der Waals surface area contributed by atoms with Gasteiger partial charge in [0.25, 0.3) is 0 Å². The summed E-state index contributed by atoms with van der Waals surface area (Å²) in [7, 11) is 0. The predicted octanol–water partition coefficient (Wildman–Crippen LogP) is -0.551. The van der Waals surface area contributed by atoms with Crippen LogP contribution in [0.3, 0.4) is 0 Å². The first-order chi connectivity index (χ1) is 6.59. The van der Waals surface area contributed by atoms with Gasteiger partial charge in [0.2, 0.25) is 5.91 Å². The molecule has 1 aliphatic heterocycles. The minimum atomic E-state index is -1.00. The van der Waals surface area contributed by atoms with E-state index in [2.05, 4.69) is 11.9 Å². The van der Waals surface area contributed by atoms with Crippen molar-refractivity contribution in [1.29, 1.82) is 0 Å². The van der Waals surface area contributed by atoms with Crippen LogP contribution in [0.5, 0.6) is 0 Å². The van der Waals surface area contributed by atoms with Crippen LogP contribution in [0, 0.1) is 0 Å². The number of hydrogen-bond donors (Lipinski definition) is 2. The Morgan fingerprint density at radius 1 is 1.64 bits per heavy atom. The Hall–Kier alpha value is -1.36. The normalized spacial score (nSPS) is 18.4. The first-order valence-electron chi connectivity index (χ1n) is 4.49. The van der Waals surface area contributed by atoms with E-state index < -0.39 is 5.97 Å². The molecule has 1 saturated heterocycles. The van der Waals surface area contributed by atoms with E-state index in [1.165, 1.54) is 0 Å². The second kappa shape index (κ2) is 4.76. The van der Waals surface area contributed by atoms with Gasteiger partial charge in [0.05, 0.1) is 6.54 Å². The zero-order valence-corrected chi connectivity index (χ0v) is 7.95. The number of carbonyl (C=O) groups is 2. The molecule has 0 atom stereocenters. The van der Waals surface area contributed by atoms with E-state index in [4.69, 9.17) is 5.11 Å². The molecule has 0 aromatic rings. The van der Waals surface area contributed by atoms with Crippen LogP contribution >= 0.6 is 0 Å². The summed E-state index contributed by atoms with van der Waals surface area (Å²) in [5.74, 6) is -1.06. The Labute approximate surface area is 82.4 Å². The fourth-order valence-electron chi connectivity index (χ4n) is 1.34. The Morgan fingerprint density at radius 2 is 2.36 bits per heavy atom. The summed E-state index contributed by atoms with van der Waals surface area (Å²) in [6, 6.07) is 0. The molecule has 1 amide bonds. The maximum Gasteiger partial charge on any atom is 0.332 e. The summed E-state index contributed by atoms with van der Waals surface area (Å²) >= 11 is 0. The van der Waals surface area contributed by atoms with Gasteiger partial charge in [0, 0.05) is 25.2 Å². The number of rotatable bonds is 3. The molecule has 0 aliphatic carbocycles. The summed E-state index contributed by atoms with van der Waals surface area (Å²) in [5.41, 5.74) is 0.125. The highest BCUT2D eigenvalue weighted by Crippen LogP contribution is 2.00. The number of carbonyl (C=O) groups excluding carboxylic acids is 1. The molecule has 1 aliphatic rings. The second-order valence-electron chi connectivity index (χ2n) is 3.32. The second-order valence-corrected chi connectivity index (χ2v) is 3.32. The summed E-state index contributed by atoms with van der Waals surface area (Å²) in [4.78, 5) is 23.4. The number of nitrogens with zero attached hydrogens (tertiary/aromatic N) is 1. The van der Waals surface area contributed by atoms with Crippen LogP contribution in [-0.4, -0.2) is 48.1 Å². The van der Waals surface area contributed by atoms with E-state index in [0.717, 1.165) is 13.0 Å². The van der Waals surface area contributed by atoms with Gasteiger partial charge < -0.3 is 10.4 Å². The lowest BCUT2D eigenvalue weighted by Gasteiger charge is -2.17. The zero-order chi connectivity index (χ0) is 10.6. The SMILES string of the molecule is C=C(CN1CCCNC(=O)C1)C(=O)O. The molecule has 0 aromatic carbocycles. The van der Waals surface area contributed by atoms with Gasteiger partial charge in [-0.15, -0.1) is 0 Å². The Morgan fingerprint density at radius 3 is 3.00 bits per heavy atom. The summed E-state index contributed by atoms with van der Waals surface area (Å²) in [6.45, 7) is 5.33. The maximum absolute atomic E-state index is 11.1. The van der Waals surface area contributed by atoms with E-state index in [1.54, 1.807) is 4.90 Å². The highest BCUT2D eigenvalue weighted by molar-refractivity contribution is 5.86. The van der Waals surface area contributed by atoms with Gasteiger partial charge in [0.15, 0.2) is 0 Å². The Bertz CT molecular complexity index is 263. The molecule has 0 radical (unpaired) electrons. The summed E-state index contributed by atoms with van der Waals surface area (Å²) in [5, 5.41) is 11.3. The van der Waals surface area contributed by atoms with E-state index in [1.807, 2.05) is 0 Å². The van der Waals surface area contributed by atoms with Crippen molar-refractivity contribution >= 4 is 11.9 Å². The van der Waals surface area contributed by atoms with E-state index >= 15 is 0 Å². The molecule has 5 heteroatoms. The number of hydrogen-bond acceptors (Lipinski definition) is 3. The quantitative estimate of drug-likeness (QED) is 0.597. The molecule has 1 heterocycles. The third-order valence-corrected chi connectivity index (χ3v) is 2.06. The fourth-order valence-corrected chi connectivity index (χ4v) is 1.34. The third-order valence-electron chi connectivity index (χ3n) is 2.06. The monoisotopic (exact) mass is 198 g/mol. The van der Waals surface area contributed by atoms with Crippen molar-refractivity contribution in [3.05, 3.63) is 12.2 Å². The smallest absolute Gasteiger partial charge is 0.332 e. The molecule has 0 spiro atoms. The van der Waals surface area contributed by atoms with E-state index in [9.17, 15) is 9.59 Å². The lowest BCUT2D eigenvalue weighted by atomic mass is 10.2. The highest BCUT2D eigenvalue weighted by Gasteiger charge is 2.16. The number of aliphatic carboxylic acids is 1. The Kier molecular flexibility index (Phi) is 3.64. The van der Waals surface area contributed by atoms with Crippen LogP contribution in [0.1, 0.15) is 6.42 Å². The zero-order valence-electron chi connectivity index (χ0n) is 7.95. The van der Waals surface area contributed by atoms with Crippen molar-refractivity contribution < 1.29 is 14.7 Å². The van der Waals surface area contributed by atoms with Gasteiger partial charge in [-0.1, -0.05) is 6.58 Å². The van der Waals surface area contributed by atoms with E-state index in [-0.39, 0.29) is 24.6 Å². The Balaban J connectivity index is 2.46. The predicted molar refractivity (Wildman–Crippen MR) is 50.8 cm³/mol. The largest absolute Gasteiger partial charge is 0.478 e.